The number of nitrogens with zero attached hydrogens (tertiary/aromatic N) is 1. The summed E-state index contributed by atoms with van der Waals surface area (Å²) in [4.78, 5) is 13.2. The Kier molecular flexibility index (Phi) is 5.12. The van der Waals surface area contributed by atoms with Gasteiger partial charge in [-0.05, 0) is 31.5 Å². The zero-order valence-corrected chi connectivity index (χ0v) is 10.9. The lowest BCUT2D eigenvalue weighted by Crippen LogP contribution is -2.40. The van der Waals surface area contributed by atoms with Crippen LogP contribution in [0.1, 0.15) is 25.5 Å². The van der Waals surface area contributed by atoms with E-state index >= 15 is 0 Å². The van der Waals surface area contributed by atoms with E-state index in [2.05, 4.69) is 5.32 Å². The molecular weight excluding hydrogens is 232 g/mol. The van der Waals surface area contributed by atoms with E-state index in [-0.39, 0.29) is 18.7 Å². The van der Waals surface area contributed by atoms with Gasteiger partial charge in [-0.25, -0.2) is 4.79 Å². The molecule has 3 N–H and O–H groups in total. The van der Waals surface area contributed by atoms with Gasteiger partial charge in [0.2, 0.25) is 0 Å². The first-order chi connectivity index (χ1) is 8.45. The normalized spacial score (nSPS) is 13.8. The Morgan fingerprint density at radius 1 is 1.33 bits per heavy atom. The number of carbonyl (C=O) groups is 1. The molecule has 2 amide bonds. The first-order valence-corrected chi connectivity index (χ1v) is 5.88. The third-order valence-electron chi connectivity index (χ3n) is 2.89. The number of aliphatic hydroxyl groups is 2. The molecule has 0 bridgehead atoms. The van der Waals surface area contributed by atoms with Crippen LogP contribution < -0.4 is 5.32 Å². The van der Waals surface area contributed by atoms with Crippen LogP contribution in [0.15, 0.2) is 24.3 Å². The third-order valence-corrected chi connectivity index (χ3v) is 2.89. The molecule has 0 aliphatic carbocycles. The Labute approximate surface area is 107 Å². The molecule has 1 aromatic carbocycles. The third kappa shape index (κ3) is 3.72. The van der Waals surface area contributed by atoms with E-state index in [1.54, 1.807) is 45.2 Å². The van der Waals surface area contributed by atoms with Gasteiger partial charge in [-0.15, -0.1) is 0 Å². The number of benzene rings is 1. The molecule has 0 spiro atoms. The highest BCUT2D eigenvalue weighted by Crippen LogP contribution is 2.16. The summed E-state index contributed by atoms with van der Waals surface area (Å²) in [5, 5.41) is 21.1. The van der Waals surface area contributed by atoms with Crippen LogP contribution in [0.25, 0.3) is 0 Å². The summed E-state index contributed by atoms with van der Waals surface area (Å²) in [6, 6.07) is 6.48. The molecule has 0 aliphatic heterocycles. The number of hydrogen-bond acceptors (Lipinski definition) is 3. The number of aliphatic hydroxyl groups excluding tert-OH is 2. The SMILES string of the molecule is CC(O)c1ccc(NC(=O)N(C)C(C)CO)cc1. The molecule has 0 saturated carbocycles. The van der Waals surface area contributed by atoms with Crippen molar-refractivity contribution in [2.45, 2.75) is 26.0 Å². The maximum absolute atomic E-state index is 11.8. The van der Waals surface area contributed by atoms with Gasteiger partial charge in [0.1, 0.15) is 0 Å². The molecule has 100 valence electrons. The summed E-state index contributed by atoms with van der Waals surface area (Å²) in [6.07, 6.45) is -0.521. The molecule has 5 heteroatoms. The monoisotopic (exact) mass is 252 g/mol. The van der Waals surface area contributed by atoms with Crippen LogP contribution in [0.3, 0.4) is 0 Å². The molecule has 18 heavy (non-hydrogen) atoms. The molecular formula is C13H20N2O3. The number of nitrogens with one attached hydrogen (secondary N) is 1. The van der Waals surface area contributed by atoms with Gasteiger partial charge < -0.3 is 20.4 Å². The number of amides is 2. The van der Waals surface area contributed by atoms with Gasteiger partial charge in [0.25, 0.3) is 0 Å². The van der Waals surface area contributed by atoms with Gasteiger partial charge in [0, 0.05) is 12.7 Å². The predicted octanol–water partition coefficient (Wildman–Crippen LogP) is 1.58. The minimum absolute atomic E-state index is 0.0785. The summed E-state index contributed by atoms with van der Waals surface area (Å²) < 4.78 is 0. The topological polar surface area (TPSA) is 72.8 Å². The predicted molar refractivity (Wildman–Crippen MR) is 70.4 cm³/mol. The Balaban J connectivity index is 2.65. The van der Waals surface area contributed by atoms with Gasteiger partial charge in [-0.3, -0.25) is 0 Å². The van der Waals surface area contributed by atoms with Crippen molar-refractivity contribution in [1.29, 1.82) is 0 Å². The van der Waals surface area contributed by atoms with Crippen LogP contribution in [0.2, 0.25) is 0 Å². The standard InChI is InChI=1S/C13H20N2O3/c1-9(8-16)15(3)13(18)14-12-6-4-11(5-7-12)10(2)17/h4-7,9-10,16-17H,8H2,1-3H3,(H,14,18). The minimum Gasteiger partial charge on any atom is -0.394 e. The van der Waals surface area contributed by atoms with Crippen molar-refractivity contribution < 1.29 is 15.0 Å². The number of hydrogen-bond donors (Lipinski definition) is 3. The summed E-state index contributed by atoms with van der Waals surface area (Å²) in [5.74, 6) is 0. The Bertz CT molecular complexity index is 390. The van der Waals surface area contributed by atoms with E-state index in [1.807, 2.05) is 0 Å². The zero-order valence-electron chi connectivity index (χ0n) is 10.9. The number of urea groups is 1. The van der Waals surface area contributed by atoms with Gasteiger partial charge in [-0.1, -0.05) is 12.1 Å². The molecule has 2 unspecified atom stereocenters. The molecule has 0 aromatic heterocycles. The molecule has 0 saturated heterocycles. The number of rotatable bonds is 4. The fraction of sp³-hybridized carbons (Fsp3) is 0.462. The molecule has 0 heterocycles. The van der Waals surface area contributed by atoms with Crippen molar-refractivity contribution in [1.82, 2.24) is 4.90 Å². The van der Waals surface area contributed by atoms with Crippen molar-refractivity contribution in [3.8, 4) is 0 Å². The van der Waals surface area contributed by atoms with Crippen molar-refractivity contribution >= 4 is 11.7 Å². The second-order valence-electron chi connectivity index (χ2n) is 4.37. The maximum atomic E-state index is 11.8. The summed E-state index contributed by atoms with van der Waals surface area (Å²) in [6.45, 7) is 3.37. The number of anilines is 1. The maximum Gasteiger partial charge on any atom is 0.321 e. The molecule has 0 radical (unpaired) electrons. The van der Waals surface area contributed by atoms with Crippen LogP contribution in [-0.2, 0) is 0 Å². The van der Waals surface area contributed by atoms with E-state index in [0.29, 0.717) is 5.69 Å². The fourth-order valence-corrected chi connectivity index (χ4v) is 1.38. The number of carbonyl (C=O) groups excluding carboxylic acids is 1. The van der Waals surface area contributed by atoms with E-state index in [4.69, 9.17) is 5.11 Å². The quantitative estimate of drug-likeness (QED) is 0.762. The van der Waals surface area contributed by atoms with Crippen molar-refractivity contribution in [3.63, 3.8) is 0 Å². The lowest BCUT2D eigenvalue weighted by molar-refractivity contribution is 0.166. The summed E-state index contributed by atoms with van der Waals surface area (Å²) >= 11 is 0. The molecule has 1 rings (SSSR count). The Hall–Kier alpha value is -1.59. The first-order valence-electron chi connectivity index (χ1n) is 5.88. The van der Waals surface area contributed by atoms with Crippen LogP contribution in [0.5, 0.6) is 0 Å². The highest BCUT2D eigenvalue weighted by atomic mass is 16.3. The molecule has 0 aliphatic rings. The molecule has 5 nitrogen and oxygen atoms in total. The second kappa shape index (κ2) is 6.37. The van der Waals surface area contributed by atoms with Crippen LogP contribution in [0, 0.1) is 0 Å². The van der Waals surface area contributed by atoms with Crippen molar-refractivity contribution in [3.05, 3.63) is 29.8 Å². The lowest BCUT2D eigenvalue weighted by atomic mass is 10.1. The van der Waals surface area contributed by atoms with E-state index < -0.39 is 6.10 Å². The number of likely N-dealkylation sites (N-methyl/N-ethyl adjacent to an activating group) is 1. The first kappa shape index (κ1) is 14.5. The largest absolute Gasteiger partial charge is 0.394 e. The smallest absolute Gasteiger partial charge is 0.321 e. The van der Waals surface area contributed by atoms with Crippen molar-refractivity contribution in [2.75, 3.05) is 19.0 Å². The molecule has 2 atom stereocenters. The van der Waals surface area contributed by atoms with Gasteiger partial charge in [0.15, 0.2) is 0 Å². The summed E-state index contributed by atoms with van der Waals surface area (Å²) in [7, 11) is 1.63. The van der Waals surface area contributed by atoms with Crippen LogP contribution in [-0.4, -0.2) is 40.8 Å². The van der Waals surface area contributed by atoms with E-state index in [0.717, 1.165) is 5.56 Å². The van der Waals surface area contributed by atoms with Crippen molar-refractivity contribution in [2.24, 2.45) is 0 Å². The highest BCUT2D eigenvalue weighted by Gasteiger charge is 2.14. The van der Waals surface area contributed by atoms with E-state index in [9.17, 15) is 9.90 Å². The zero-order chi connectivity index (χ0) is 13.7. The van der Waals surface area contributed by atoms with Gasteiger partial charge in [0.05, 0.1) is 18.8 Å². The van der Waals surface area contributed by atoms with Gasteiger partial charge in [-0.2, -0.15) is 0 Å². The average Bonchev–Trinajstić information content (AvgIpc) is 2.37. The Morgan fingerprint density at radius 2 is 1.89 bits per heavy atom. The summed E-state index contributed by atoms with van der Waals surface area (Å²) in [5.41, 5.74) is 1.45. The van der Waals surface area contributed by atoms with Crippen LogP contribution >= 0.6 is 0 Å². The van der Waals surface area contributed by atoms with Crippen LogP contribution in [0.4, 0.5) is 10.5 Å². The fourth-order valence-electron chi connectivity index (χ4n) is 1.38. The van der Waals surface area contributed by atoms with E-state index in [1.165, 1.54) is 4.90 Å². The minimum atomic E-state index is -0.521. The second-order valence-corrected chi connectivity index (χ2v) is 4.37. The molecule has 0 fully saturated rings. The highest BCUT2D eigenvalue weighted by molar-refractivity contribution is 5.89. The van der Waals surface area contributed by atoms with Gasteiger partial charge >= 0.3 is 6.03 Å². The lowest BCUT2D eigenvalue weighted by Gasteiger charge is -2.23. The average molecular weight is 252 g/mol. The molecule has 1 aromatic rings. The Morgan fingerprint density at radius 3 is 2.33 bits per heavy atom.